The Morgan fingerprint density at radius 3 is 2.42 bits per heavy atom. The molecule has 1 aliphatic heterocycles. The Morgan fingerprint density at radius 2 is 1.75 bits per heavy atom. The zero-order valence-corrected chi connectivity index (χ0v) is 21.4. The average Bonchev–Trinajstić information content (AvgIpc) is 3.52. The van der Waals surface area contributed by atoms with Gasteiger partial charge in [-0.25, -0.2) is 5.06 Å². The van der Waals surface area contributed by atoms with E-state index in [2.05, 4.69) is 16.2 Å². The number of amides is 3. The molecule has 1 aromatic carbocycles. The molecular formula is C27H38N4O5. The molecule has 1 saturated heterocycles. The van der Waals surface area contributed by atoms with Crippen molar-refractivity contribution in [1.29, 1.82) is 0 Å². The summed E-state index contributed by atoms with van der Waals surface area (Å²) >= 11 is 0. The zero-order chi connectivity index (χ0) is 25.5. The lowest BCUT2D eigenvalue weighted by Crippen LogP contribution is -2.54. The molecule has 196 valence electrons. The summed E-state index contributed by atoms with van der Waals surface area (Å²) < 4.78 is 5.67. The highest BCUT2D eigenvalue weighted by Crippen LogP contribution is 2.63. The summed E-state index contributed by atoms with van der Waals surface area (Å²) in [6.45, 7) is 6.78. The first kappa shape index (κ1) is 25.2. The van der Waals surface area contributed by atoms with Gasteiger partial charge in [-0.1, -0.05) is 30.3 Å². The Morgan fingerprint density at radius 1 is 1.06 bits per heavy atom. The van der Waals surface area contributed by atoms with E-state index in [1.165, 1.54) is 0 Å². The van der Waals surface area contributed by atoms with Gasteiger partial charge in [-0.3, -0.25) is 35.4 Å². The molecule has 1 heterocycles. The van der Waals surface area contributed by atoms with Crippen molar-refractivity contribution in [2.75, 3.05) is 6.73 Å². The second-order valence-electron chi connectivity index (χ2n) is 11.9. The van der Waals surface area contributed by atoms with E-state index in [9.17, 15) is 14.4 Å². The van der Waals surface area contributed by atoms with E-state index in [1.807, 2.05) is 51.1 Å². The van der Waals surface area contributed by atoms with Gasteiger partial charge in [0.1, 0.15) is 6.61 Å². The second-order valence-corrected chi connectivity index (χ2v) is 11.9. The quantitative estimate of drug-likeness (QED) is 0.375. The van der Waals surface area contributed by atoms with E-state index < -0.39 is 11.8 Å². The van der Waals surface area contributed by atoms with E-state index in [4.69, 9.17) is 9.57 Å². The molecule has 2 unspecified atom stereocenters. The monoisotopic (exact) mass is 498 g/mol. The third-order valence-electron chi connectivity index (χ3n) is 8.25. The molecule has 3 aliphatic carbocycles. The van der Waals surface area contributed by atoms with Gasteiger partial charge in [0.2, 0.25) is 17.7 Å². The number of carbonyl (C=O) groups excluding carboxylic acids is 3. The van der Waals surface area contributed by atoms with Gasteiger partial charge in [-0.05, 0) is 70.3 Å². The van der Waals surface area contributed by atoms with Crippen LogP contribution in [-0.4, -0.2) is 47.2 Å². The highest BCUT2D eigenvalue weighted by Gasteiger charge is 2.65. The van der Waals surface area contributed by atoms with Gasteiger partial charge in [0.05, 0.1) is 30.2 Å². The van der Waals surface area contributed by atoms with Crippen LogP contribution in [0, 0.1) is 23.2 Å². The number of nitrogens with zero attached hydrogens (tertiary/aromatic N) is 1. The summed E-state index contributed by atoms with van der Waals surface area (Å²) in [6, 6.07) is 10.0. The lowest BCUT2D eigenvalue weighted by atomic mass is 9.72. The molecule has 4 fully saturated rings. The van der Waals surface area contributed by atoms with Crippen molar-refractivity contribution in [1.82, 2.24) is 21.2 Å². The summed E-state index contributed by atoms with van der Waals surface area (Å²) in [4.78, 5) is 44.9. The molecule has 3 amide bonds. The molecule has 2 bridgehead atoms. The smallest absolute Gasteiger partial charge is 0.250 e. The largest absolute Gasteiger partial charge is 0.361 e. The van der Waals surface area contributed by atoms with Crippen LogP contribution in [0.3, 0.4) is 0 Å². The molecule has 0 radical (unpaired) electrons. The fourth-order valence-electron chi connectivity index (χ4n) is 5.84. The van der Waals surface area contributed by atoms with Crippen LogP contribution < -0.4 is 16.2 Å². The summed E-state index contributed by atoms with van der Waals surface area (Å²) in [5.74, 6) is -1.57. The van der Waals surface area contributed by atoms with Crippen LogP contribution in [0.5, 0.6) is 0 Å². The summed E-state index contributed by atoms with van der Waals surface area (Å²) in [7, 11) is 0. The summed E-state index contributed by atoms with van der Waals surface area (Å²) in [6.07, 6.45) is 4.69. The number of hydrazine groups is 1. The SMILES string of the molecule is CC(C)(C)OCN[C@H]1C[C@H](C(=O)NNC(=O)[C@@H]2CC3(CC3)C3CC2C(=O)N3OCc2ccccc2)C1. The van der Waals surface area contributed by atoms with Crippen LogP contribution in [0.15, 0.2) is 30.3 Å². The van der Waals surface area contributed by atoms with Gasteiger partial charge in [-0.2, -0.15) is 0 Å². The lowest BCUT2D eigenvalue weighted by molar-refractivity contribution is -0.201. The third-order valence-corrected chi connectivity index (χ3v) is 8.25. The minimum atomic E-state index is -0.452. The van der Waals surface area contributed by atoms with Crippen LogP contribution in [-0.2, 0) is 30.6 Å². The predicted molar refractivity (Wildman–Crippen MR) is 131 cm³/mol. The molecular weight excluding hydrogens is 460 g/mol. The van der Waals surface area contributed by atoms with Crippen LogP contribution in [0.25, 0.3) is 0 Å². The van der Waals surface area contributed by atoms with Gasteiger partial charge in [0, 0.05) is 12.0 Å². The highest BCUT2D eigenvalue weighted by atomic mass is 16.7. The maximum absolute atomic E-state index is 13.2. The number of rotatable bonds is 8. The van der Waals surface area contributed by atoms with E-state index in [0.717, 1.165) is 18.4 Å². The molecule has 3 N–H and O–H groups in total. The first-order valence-electron chi connectivity index (χ1n) is 13.1. The van der Waals surface area contributed by atoms with Crippen LogP contribution in [0.1, 0.15) is 64.9 Å². The van der Waals surface area contributed by atoms with E-state index in [1.54, 1.807) is 5.06 Å². The number of hydrogen-bond acceptors (Lipinski definition) is 6. The topological polar surface area (TPSA) is 109 Å². The van der Waals surface area contributed by atoms with Crippen molar-refractivity contribution < 1.29 is 24.0 Å². The maximum Gasteiger partial charge on any atom is 0.250 e. The Kier molecular flexibility index (Phi) is 6.82. The number of hydrogen-bond donors (Lipinski definition) is 3. The molecule has 0 aromatic heterocycles. The van der Waals surface area contributed by atoms with Crippen LogP contribution in [0.2, 0.25) is 0 Å². The summed E-state index contributed by atoms with van der Waals surface area (Å²) in [5.41, 5.74) is 5.98. The van der Waals surface area contributed by atoms with Crippen molar-refractivity contribution in [3.8, 4) is 0 Å². The van der Waals surface area contributed by atoms with E-state index in [0.29, 0.717) is 39.0 Å². The number of benzene rings is 1. The molecule has 3 atom stereocenters. The highest BCUT2D eigenvalue weighted by molar-refractivity contribution is 5.91. The number of carbonyl (C=O) groups is 3. The minimum Gasteiger partial charge on any atom is -0.361 e. The Labute approximate surface area is 212 Å². The minimum absolute atomic E-state index is 0.0269. The van der Waals surface area contributed by atoms with Gasteiger partial charge in [0.15, 0.2) is 0 Å². The molecule has 4 aliphatic rings. The van der Waals surface area contributed by atoms with Crippen molar-refractivity contribution in [3.05, 3.63) is 35.9 Å². The number of hydroxylamine groups is 2. The second kappa shape index (κ2) is 9.76. The molecule has 1 spiro atoms. The number of nitrogens with one attached hydrogen (secondary N) is 3. The zero-order valence-electron chi connectivity index (χ0n) is 21.4. The standard InChI is InChI=1S/C27H38N4O5/c1-26(2,3)35-16-28-19-11-18(12-19)23(32)29-30-24(33)21-14-27(9-10-27)22-13-20(21)25(34)31(22)36-15-17-7-5-4-6-8-17/h4-8,18-22,28H,9-16H2,1-3H3,(H,29,32)(H,30,33)/t18-,19-,20?,21-,22?/m1/s1. The van der Waals surface area contributed by atoms with Crippen LogP contribution in [0.4, 0.5) is 0 Å². The van der Waals surface area contributed by atoms with Gasteiger partial charge < -0.3 is 4.74 Å². The Bertz CT molecular complexity index is 984. The first-order valence-corrected chi connectivity index (χ1v) is 13.1. The van der Waals surface area contributed by atoms with Crippen molar-refractivity contribution in [2.24, 2.45) is 23.2 Å². The predicted octanol–water partition coefficient (Wildman–Crippen LogP) is 2.42. The molecule has 3 saturated carbocycles. The van der Waals surface area contributed by atoms with Crippen LogP contribution >= 0.6 is 0 Å². The molecule has 9 heteroatoms. The molecule has 36 heavy (non-hydrogen) atoms. The molecule has 1 aromatic rings. The van der Waals surface area contributed by atoms with Crippen molar-refractivity contribution in [3.63, 3.8) is 0 Å². The Balaban J connectivity index is 1.10. The van der Waals surface area contributed by atoms with Crippen molar-refractivity contribution in [2.45, 2.75) is 83.6 Å². The lowest BCUT2D eigenvalue weighted by Gasteiger charge is -2.36. The fourth-order valence-corrected chi connectivity index (χ4v) is 5.84. The maximum atomic E-state index is 13.2. The van der Waals surface area contributed by atoms with Gasteiger partial charge >= 0.3 is 0 Å². The molecule has 9 nitrogen and oxygen atoms in total. The van der Waals surface area contributed by atoms with E-state index >= 15 is 0 Å². The van der Waals surface area contributed by atoms with Gasteiger partial charge in [-0.15, -0.1) is 0 Å². The third kappa shape index (κ3) is 5.28. The summed E-state index contributed by atoms with van der Waals surface area (Å²) in [5, 5.41) is 4.85. The number of ether oxygens (including phenoxy) is 1. The average molecular weight is 499 g/mol. The molecule has 5 rings (SSSR count). The first-order chi connectivity index (χ1) is 17.2. The normalized spacial score (nSPS) is 30.1. The fraction of sp³-hybridized carbons (Fsp3) is 0.667. The van der Waals surface area contributed by atoms with Crippen molar-refractivity contribution >= 4 is 17.7 Å². The number of fused-ring (bicyclic) bond motifs is 3. The van der Waals surface area contributed by atoms with E-state index in [-0.39, 0.29) is 46.7 Å². The van der Waals surface area contributed by atoms with Gasteiger partial charge in [0.25, 0.3) is 0 Å². The Hall–Kier alpha value is -2.49.